The number of halogens is 3. The van der Waals surface area contributed by atoms with Crippen molar-refractivity contribution in [1.82, 2.24) is 14.4 Å². The highest BCUT2D eigenvalue weighted by Gasteiger charge is 2.35. The molecule has 1 aromatic carbocycles. The summed E-state index contributed by atoms with van der Waals surface area (Å²) in [4.78, 5) is 29.9. The van der Waals surface area contributed by atoms with Gasteiger partial charge in [-0.25, -0.2) is 4.79 Å². The summed E-state index contributed by atoms with van der Waals surface area (Å²) in [5, 5.41) is 2.45. The van der Waals surface area contributed by atoms with E-state index >= 15 is 0 Å². The van der Waals surface area contributed by atoms with E-state index < -0.39 is 17.8 Å². The number of para-hydroxylation sites is 1. The Morgan fingerprint density at radius 2 is 1.77 bits per heavy atom. The number of amides is 3. The molecule has 3 rings (SSSR count). The number of benzene rings is 1. The number of hydrogen-bond donors (Lipinski definition) is 1. The van der Waals surface area contributed by atoms with Crippen LogP contribution in [-0.2, 0) is 24.6 Å². The van der Waals surface area contributed by atoms with Gasteiger partial charge in [0.2, 0.25) is 5.91 Å². The second-order valence-corrected chi connectivity index (χ2v) is 9.67. The molecular formula is C26H35F3N4O2. The van der Waals surface area contributed by atoms with E-state index in [-0.39, 0.29) is 30.1 Å². The summed E-state index contributed by atoms with van der Waals surface area (Å²) in [5.74, 6) is -0.000400. The largest absolute Gasteiger partial charge is 0.418 e. The number of rotatable bonds is 8. The van der Waals surface area contributed by atoms with E-state index in [1.165, 1.54) is 23.1 Å². The van der Waals surface area contributed by atoms with Gasteiger partial charge >= 0.3 is 12.2 Å². The molecule has 35 heavy (non-hydrogen) atoms. The van der Waals surface area contributed by atoms with Crippen molar-refractivity contribution in [3.8, 4) is 0 Å². The Morgan fingerprint density at radius 3 is 2.37 bits per heavy atom. The first kappa shape index (κ1) is 26.6. The lowest BCUT2D eigenvalue weighted by Gasteiger charge is -2.36. The van der Waals surface area contributed by atoms with Crippen molar-refractivity contribution >= 4 is 17.6 Å². The van der Waals surface area contributed by atoms with Gasteiger partial charge in [-0.05, 0) is 43.0 Å². The molecule has 1 saturated carbocycles. The van der Waals surface area contributed by atoms with Crippen LogP contribution in [0.15, 0.2) is 42.6 Å². The van der Waals surface area contributed by atoms with E-state index in [0.29, 0.717) is 13.1 Å². The highest BCUT2D eigenvalue weighted by atomic mass is 19.4. The molecule has 0 radical (unpaired) electrons. The Morgan fingerprint density at radius 1 is 1.09 bits per heavy atom. The topological polar surface area (TPSA) is 57.6 Å². The van der Waals surface area contributed by atoms with Crippen LogP contribution >= 0.6 is 0 Å². The van der Waals surface area contributed by atoms with E-state index in [0.717, 1.165) is 43.9 Å². The molecule has 1 aromatic heterocycles. The van der Waals surface area contributed by atoms with Gasteiger partial charge < -0.3 is 19.7 Å². The lowest BCUT2D eigenvalue weighted by molar-refractivity contribution is -0.137. The molecule has 1 fully saturated rings. The third-order valence-corrected chi connectivity index (χ3v) is 6.40. The Bertz CT molecular complexity index is 996. The predicted octanol–water partition coefficient (Wildman–Crippen LogP) is 5.90. The van der Waals surface area contributed by atoms with Gasteiger partial charge in [0.25, 0.3) is 0 Å². The minimum Gasteiger partial charge on any atom is -0.353 e. The molecule has 2 aromatic rings. The second kappa shape index (κ2) is 11.6. The van der Waals surface area contributed by atoms with E-state index in [9.17, 15) is 22.8 Å². The number of anilines is 1. The Balaban J connectivity index is 1.83. The zero-order valence-corrected chi connectivity index (χ0v) is 20.6. The van der Waals surface area contributed by atoms with Crippen LogP contribution in [0.25, 0.3) is 0 Å². The van der Waals surface area contributed by atoms with Gasteiger partial charge in [-0.3, -0.25) is 4.79 Å². The van der Waals surface area contributed by atoms with Gasteiger partial charge in [0.05, 0.1) is 17.8 Å². The van der Waals surface area contributed by atoms with Crippen molar-refractivity contribution in [1.29, 1.82) is 0 Å². The van der Waals surface area contributed by atoms with E-state index in [1.807, 2.05) is 43.8 Å². The quantitative estimate of drug-likeness (QED) is 0.499. The summed E-state index contributed by atoms with van der Waals surface area (Å²) >= 11 is 0. The molecule has 192 valence electrons. The monoisotopic (exact) mass is 492 g/mol. The Labute approximate surface area is 205 Å². The van der Waals surface area contributed by atoms with Crippen LogP contribution in [0.1, 0.15) is 57.2 Å². The molecule has 3 amide bonds. The molecule has 6 nitrogen and oxygen atoms in total. The van der Waals surface area contributed by atoms with E-state index in [4.69, 9.17) is 0 Å². The number of nitrogens with one attached hydrogen (secondary N) is 1. The molecule has 0 saturated heterocycles. The van der Waals surface area contributed by atoms with Gasteiger partial charge in [-0.2, -0.15) is 13.2 Å². The lowest BCUT2D eigenvalue weighted by atomic mass is 9.94. The minimum absolute atomic E-state index is 0.179. The fourth-order valence-corrected chi connectivity index (χ4v) is 4.58. The fraction of sp³-hybridized carbons (Fsp3) is 0.538. The number of aromatic nitrogens is 1. The maximum Gasteiger partial charge on any atom is 0.418 e. The molecule has 0 unspecified atom stereocenters. The fourth-order valence-electron chi connectivity index (χ4n) is 4.58. The predicted molar refractivity (Wildman–Crippen MR) is 130 cm³/mol. The average molecular weight is 493 g/mol. The van der Waals surface area contributed by atoms with Gasteiger partial charge in [-0.15, -0.1) is 0 Å². The number of urea groups is 1. The van der Waals surface area contributed by atoms with Crippen LogP contribution in [0.5, 0.6) is 0 Å². The van der Waals surface area contributed by atoms with Crippen molar-refractivity contribution in [3.63, 3.8) is 0 Å². The first-order chi connectivity index (χ1) is 16.6. The summed E-state index contributed by atoms with van der Waals surface area (Å²) in [7, 11) is 1.91. The van der Waals surface area contributed by atoms with Crippen molar-refractivity contribution in [2.24, 2.45) is 13.0 Å². The summed E-state index contributed by atoms with van der Waals surface area (Å²) in [6, 6.07) is 7.90. The lowest BCUT2D eigenvalue weighted by Crippen LogP contribution is -2.50. The molecular weight excluding hydrogens is 457 g/mol. The molecule has 9 heteroatoms. The SMILES string of the molecule is CC(C)CN(Cc1cccn1C)C(=O)CN(C(=O)Nc1ccccc1C(F)(F)F)C1CCCCC1. The van der Waals surface area contributed by atoms with Crippen LogP contribution in [0.4, 0.5) is 23.7 Å². The molecule has 1 heterocycles. The van der Waals surface area contributed by atoms with Crippen molar-refractivity contribution in [3.05, 3.63) is 53.9 Å². The van der Waals surface area contributed by atoms with Crippen molar-refractivity contribution < 1.29 is 22.8 Å². The maximum absolute atomic E-state index is 13.5. The maximum atomic E-state index is 13.5. The first-order valence-electron chi connectivity index (χ1n) is 12.2. The van der Waals surface area contributed by atoms with Crippen molar-refractivity contribution in [2.75, 3.05) is 18.4 Å². The van der Waals surface area contributed by atoms with Gasteiger partial charge in [0.1, 0.15) is 6.54 Å². The summed E-state index contributed by atoms with van der Waals surface area (Å²) < 4.78 is 42.4. The number of alkyl halides is 3. The summed E-state index contributed by atoms with van der Waals surface area (Å²) in [6.45, 7) is 4.77. The normalized spacial score (nSPS) is 14.7. The van der Waals surface area contributed by atoms with Crippen LogP contribution in [0, 0.1) is 5.92 Å². The average Bonchev–Trinajstić information content (AvgIpc) is 3.21. The standard InChI is InChI=1S/C26H35F3N4O2/c1-19(2)16-32(17-21-12-9-15-31(21)3)24(34)18-33(20-10-5-4-6-11-20)25(35)30-23-14-8-7-13-22(23)26(27,28)29/h7-9,12-15,19-20H,4-6,10-11,16-18H2,1-3H3,(H,30,35). The smallest absolute Gasteiger partial charge is 0.353 e. The third kappa shape index (κ3) is 7.26. The second-order valence-electron chi connectivity index (χ2n) is 9.67. The summed E-state index contributed by atoms with van der Waals surface area (Å²) in [5.41, 5.74) is -0.249. The van der Waals surface area contributed by atoms with Gasteiger partial charge in [0, 0.05) is 31.5 Å². The molecule has 1 aliphatic rings. The zero-order valence-electron chi connectivity index (χ0n) is 20.6. The number of aryl methyl sites for hydroxylation is 1. The highest BCUT2D eigenvalue weighted by Crippen LogP contribution is 2.35. The van der Waals surface area contributed by atoms with Crippen LogP contribution < -0.4 is 5.32 Å². The highest BCUT2D eigenvalue weighted by molar-refractivity contribution is 5.93. The van der Waals surface area contributed by atoms with Crippen LogP contribution in [0.2, 0.25) is 0 Å². The van der Waals surface area contributed by atoms with Crippen molar-refractivity contribution in [2.45, 2.75) is 64.7 Å². The molecule has 0 bridgehead atoms. The van der Waals surface area contributed by atoms with E-state index in [1.54, 1.807) is 4.90 Å². The third-order valence-electron chi connectivity index (χ3n) is 6.40. The Kier molecular flexibility index (Phi) is 8.86. The van der Waals surface area contributed by atoms with E-state index in [2.05, 4.69) is 5.32 Å². The van der Waals surface area contributed by atoms with Gasteiger partial charge in [-0.1, -0.05) is 45.2 Å². The van der Waals surface area contributed by atoms with Crippen LogP contribution in [0.3, 0.4) is 0 Å². The molecule has 1 N–H and O–H groups in total. The zero-order chi connectivity index (χ0) is 25.6. The number of carbonyl (C=O) groups is 2. The molecule has 0 atom stereocenters. The minimum atomic E-state index is -4.60. The number of carbonyl (C=O) groups excluding carboxylic acids is 2. The Hall–Kier alpha value is -2.97. The number of nitrogens with zero attached hydrogens (tertiary/aromatic N) is 3. The first-order valence-corrected chi connectivity index (χ1v) is 12.2. The molecule has 0 spiro atoms. The molecule has 0 aliphatic heterocycles. The summed E-state index contributed by atoms with van der Waals surface area (Å²) in [6.07, 6.45) is 1.64. The number of hydrogen-bond acceptors (Lipinski definition) is 2. The van der Waals surface area contributed by atoms with Gasteiger partial charge in [0.15, 0.2) is 0 Å². The molecule has 1 aliphatic carbocycles. The van der Waals surface area contributed by atoms with Crippen LogP contribution in [-0.4, -0.2) is 45.4 Å².